The van der Waals surface area contributed by atoms with Crippen molar-refractivity contribution in [3.05, 3.63) is 29.6 Å². The topological polar surface area (TPSA) is 31.4 Å². The summed E-state index contributed by atoms with van der Waals surface area (Å²) in [6.07, 6.45) is -1.83. The van der Waals surface area contributed by atoms with E-state index in [2.05, 4.69) is 4.98 Å². The van der Waals surface area contributed by atoms with Crippen LogP contribution in [0.2, 0.25) is 0 Å². The second-order valence-electron chi connectivity index (χ2n) is 2.85. The van der Waals surface area contributed by atoms with Crippen molar-refractivity contribution in [1.82, 2.24) is 4.98 Å². The van der Waals surface area contributed by atoms with Crippen LogP contribution in [-0.4, -0.2) is 18.2 Å². The average Bonchev–Trinajstić information content (AvgIpc) is 2.70. The van der Waals surface area contributed by atoms with E-state index in [9.17, 15) is 8.78 Å². The number of ether oxygens (including phenoxy) is 2. The molecule has 1 aromatic rings. The highest BCUT2D eigenvalue weighted by Crippen LogP contribution is 2.29. The molecule has 3 nitrogen and oxygen atoms in total. The molecule has 1 aliphatic rings. The number of halogens is 2. The van der Waals surface area contributed by atoms with Gasteiger partial charge >= 0.3 is 0 Å². The first kappa shape index (κ1) is 9.48. The lowest BCUT2D eigenvalue weighted by Crippen LogP contribution is -2.05. The molecule has 2 heterocycles. The van der Waals surface area contributed by atoms with Crippen molar-refractivity contribution in [3.8, 4) is 0 Å². The molecule has 2 rings (SSSR count). The van der Waals surface area contributed by atoms with Gasteiger partial charge in [-0.1, -0.05) is 0 Å². The maximum Gasteiger partial charge on any atom is 0.265 e. The number of hydrogen-bond acceptors (Lipinski definition) is 3. The molecule has 0 aliphatic carbocycles. The van der Waals surface area contributed by atoms with Gasteiger partial charge in [0.1, 0.15) is 5.69 Å². The third-order valence-electron chi connectivity index (χ3n) is 1.95. The van der Waals surface area contributed by atoms with E-state index >= 15 is 0 Å². The zero-order valence-corrected chi connectivity index (χ0v) is 7.32. The monoisotopic (exact) mass is 201 g/mol. The Labute approximate surface area is 79.7 Å². The fourth-order valence-corrected chi connectivity index (χ4v) is 1.33. The predicted octanol–water partition coefficient (Wildman–Crippen LogP) is 2.06. The van der Waals surface area contributed by atoms with Gasteiger partial charge in [-0.3, -0.25) is 4.98 Å². The quantitative estimate of drug-likeness (QED) is 0.733. The van der Waals surface area contributed by atoms with Crippen molar-refractivity contribution in [3.63, 3.8) is 0 Å². The number of rotatable bonds is 2. The molecule has 1 fully saturated rings. The van der Waals surface area contributed by atoms with Gasteiger partial charge in [0.15, 0.2) is 0 Å². The first-order valence-corrected chi connectivity index (χ1v) is 4.25. The van der Waals surface area contributed by atoms with E-state index in [1.165, 1.54) is 18.3 Å². The third-order valence-corrected chi connectivity index (χ3v) is 1.95. The SMILES string of the molecule is FC(F)c1cccnc1C1OCCO1. The molecule has 0 atom stereocenters. The number of pyridine rings is 1. The van der Waals surface area contributed by atoms with Gasteiger partial charge in [-0.15, -0.1) is 0 Å². The van der Waals surface area contributed by atoms with E-state index in [-0.39, 0.29) is 11.3 Å². The second kappa shape index (κ2) is 3.98. The Morgan fingerprint density at radius 2 is 2.07 bits per heavy atom. The van der Waals surface area contributed by atoms with Crippen LogP contribution >= 0.6 is 0 Å². The lowest BCUT2D eigenvalue weighted by atomic mass is 10.2. The van der Waals surface area contributed by atoms with Crippen molar-refractivity contribution < 1.29 is 18.3 Å². The average molecular weight is 201 g/mol. The summed E-state index contributed by atoms with van der Waals surface area (Å²) in [5.41, 5.74) is 0.0550. The van der Waals surface area contributed by atoms with E-state index in [1.54, 1.807) is 0 Å². The fourth-order valence-electron chi connectivity index (χ4n) is 1.33. The number of hydrogen-bond donors (Lipinski definition) is 0. The molecule has 1 aliphatic heterocycles. The van der Waals surface area contributed by atoms with Crippen LogP contribution in [0, 0.1) is 0 Å². The highest BCUT2D eigenvalue weighted by atomic mass is 19.3. The minimum atomic E-state index is -2.55. The van der Waals surface area contributed by atoms with E-state index < -0.39 is 12.7 Å². The van der Waals surface area contributed by atoms with Crippen molar-refractivity contribution in [2.75, 3.05) is 13.2 Å². The van der Waals surface area contributed by atoms with Gasteiger partial charge in [-0.05, 0) is 12.1 Å². The Kier molecular flexibility index (Phi) is 2.69. The van der Waals surface area contributed by atoms with Crippen LogP contribution in [0.25, 0.3) is 0 Å². The fraction of sp³-hybridized carbons (Fsp3) is 0.444. The predicted molar refractivity (Wildman–Crippen MR) is 43.8 cm³/mol. The Morgan fingerprint density at radius 1 is 1.36 bits per heavy atom. The lowest BCUT2D eigenvalue weighted by Gasteiger charge is -2.12. The van der Waals surface area contributed by atoms with Gasteiger partial charge in [0.2, 0.25) is 6.29 Å². The van der Waals surface area contributed by atoms with E-state index in [1.807, 2.05) is 0 Å². The van der Waals surface area contributed by atoms with Crippen molar-refractivity contribution in [1.29, 1.82) is 0 Å². The molecule has 1 aromatic heterocycles. The summed E-state index contributed by atoms with van der Waals surface area (Å²) in [6.45, 7) is 0.841. The molecule has 0 aromatic carbocycles. The molecule has 5 heteroatoms. The zero-order chi connectivity index (χ0) is 9.97. The minimum absolute atomic E-state index is 0.126. The molecular weight excluding hydrogens is 192 g/mol. The number of aromatic nitrogens is 1. The van der Waals surface area contributed by atoms with Gasteiger partial charge in [-0.2, -0.15) is 0 Å². The van der Waals surface area contributed by atoms with Crippen LogP contribution in [0.1, 0.15) is 24.0 Å². The highest BCUT2D eigenvalue weighted by Gasteiger charge is 2.25. The van der Waals surface area contributed by atoms with Gasteiger partial charge < -0.3 is 9.47 Å². The molecule has 0 spiro atoms. The van der Waals surface area contributed by atoms with Gasteiger partial charge in [0.25, 0.3) is 6.43 Å². The highest BCUT2D eigenvalue weighted by molar-refractivity contribution is 5.22. The van der Waals surface area contributed by atoms with Crippen molar-refractivity contribution in [2.24, 2.45) is 0 Å². The molecule has 0 radical (unpaired) electrons. The molecule has 76 valence electrons. The summed E-state index contributed by atoms with van der Waals surface area (Å²) < 4.78 is 35.3. The summed E-state index contributed by atoms with van der Waals surface area (Å²) >= 11 is 0. The Hall–Kier alpha value is -1.07. The molecular formula is C9H9F2NO2. The maximum atomic E-state index is 12.5. The summed E-state index contributed by atoms with van der Waals surface area (Å²) in [6, 6.07) is 2.80. The number of nitrogens with zero attached hydrogens (tertiary/aromatic N) is 1. The van der Waals surface area contributed by atoms with E-state index in [0.717, 1.165) is 0 Å². The van der Waals surface area contributed by atoms with E-state index in [4.69, 9.17) is 9.47 Å². The van der Waals surface area contributed by atoms with Gasteiger partial charge in [0.05, 0.1) is 13.2 Å². The zero-order valence-electron chi connectivity index (χ0n) is 7.32. The standard InChI is InChI=1S/C9H9F2NO2/c10-8(11)6-2-1-3-12-7(6)9-13-4-5-14-9/h1-3,8-9H,4-5H2. The molecule has 1 saturated heterocycles. The van der Waals surface area contributed by atoms with Crippen LogP contribution < -0.4 is 0 Å². The normalized spacial score (nSPS) is 17.9. The third kappa shape index (κ3) is 1.73. The summed E-state index contributed by atoms with van der Waals surface area (Å²) in [4.78, 5) is 3.85. The number of alkyl halides is 2. The van der Waals surface area contributed by atoms with Gasteiger partial charge in [0, 0.05) is 11.8 Å². The van der Waals surface area contributed by atoms with E-state index in [0.29, 0.717) is 13.2 Å². The molecule has 0 saturated carbocycles. The van der Waals surface area contributed by atoms with Crippen LogP contribution in [0.15, 0.2) is 18.3 Å². The Balaban J connectivity index is 2.30. The van der Waals surface area contributed by atoms with Crippen molar-refractivity contribution in [2.45, 2.75) is 12.7 Å². The van der Waals surface area contributed by atoms with Crippen LogP contribution in [0.4, 0.5) is 8.78 Å². The van der Waals surface area contributed by atoms with Crippen LogP contribution in [0.3, 0.4) is 0 Å². The van der Waals surface area contributed by atoms with Crippen molar-refractivity contribution >= 4 is 0 Å². The maximum absolute atomic E-state index is 12.5. The molecule has 0 bridgehead atoms. The Bertz CT molecular complexity index is 313. The van der Waals surface area contributed by atoms with Crippen LogP contribution in [-0.2, 0) is 9.47 Å². The molecule has 0 amide bonds. The molecule has 0 unspecified atom stereocenters. The first-order chi connectivity index (χ1) is 6.79. The largest absolute Gasteiger partial charge is 0.345 e. The minimum Gasteiger partial charge on any atom is -0.345 e. The summed E-state index contributed by atoms with van der Waals surface area (Å²) in [5.74, 6) is 0. The molecule has 14 heavy (non-hydrogen) atoms. The smallest absolute Gasteiger partial charge is 0.265 e. The Morgan fingerprint density at radius 3 is 2.71 bits per heavy atom. The lowest BCUT2D eigenvalue weighted by molar-refractivity contribution is -0.0498. The molecule has 0 N–H and O–H groups in total. The second-order valence-corrected chi connectivity index (χ2v) is 2.85. The summed E-state index contributed by atoms with van der Waals surface area (Å²) in [5, 5.41) is 0. The van der Waals surface area contributed by atoms with Crippen LogP contribution in [0.5, 0.6) is 0 Å². The summed E-state index contributed by atoms with van der Waals surface area (Å²) in [7, 11) is 0. The van der Waals surface area contributed by atoms with Gasteiger partial charge in [-0.25, -0.2) is 8.78 Å². The first-order valence-electron chi connectivity index (χ1n) is 4.25.